The number of nitrogens with two attached hydrogens (primary N) is 1. The van der Waals surface area contributed by atoms with E-state index < -0.39 is 0 Å². The lowest BCUT2D eigenvalue weighted by Gasteiger charge is -2.17. The lowest BCUT2D eigenvalue weighted by atomic mass is 9.99. The van der Waals surface area contributed by atoms with Crippen LogP contribution in [0.4, 0.5) is 0 Å². The zero-order valence-electron chi connectivity index (χ0n) is 9.97. The topological polar surface area (TPSA) is 52.3 Å². The van der Waals surface area contributed by atoms with Gasteiger partial charge < -0.3 is 10.5 Å². The third kappa shape index (κ3) is 3.07. The van der Waals surface area contributed by atoms with E-state index in [9.17, 15) is 4.79 Å². The molecule has 0 aromatic heterocycles. The standard InChI is InChI=1S/C14H19NO2/c15-10-13(11-6-2-1-3-7-11)14(16)17-12-8-4-5-9-12/h1-3,6-7,12-13H,4-5,8-10,15H2. The maximum Gasteiger partial charge on any atom is 0.314 e. The molecule has 2 N–H and O–H groups in total. The second-order valence-electron chi connectivity index (χ2n) is 4.54. The van der Waals surface area contributed by atoms with Gasteiger partial charge in [-0.05, 0) is 31.2 Å². The van der Waals surface area contributed by atoms with Gasteiger partial charge in [0.25, 0.3) is 0 Å². The molecule has 3 nitrogen and oxygen atoms in total. The second kappa shape index (κ2) is 5.82. The summed E-state index contributed by atoms with van der Waals surface area (Å²) in [4.78, 5) is 12.0. The minimum absolute atomic E-state index is 0.111. The number of rotatable bonds is 4. The van der Waals surface area contributed by atoms with Crippen LogP contribution in [0.5, 0.6) is 0 Å². The number of hydrogen-bond donors (Lipinski definition) is 1. The largest absolute Gasteiger partial charge is 0.462 e. The van der Waals surface area contributed by atoms with Gasteiger partial charge in [0.15, 0.2) is 0 Å². The molecule has 0 amide bonds. The van der Waals surface area contributed by atoms with Gasteiger partial charge in [0.2, 0.25) is 0 Å². The van der Waals surface area contributed by atoms with Crippen LogP contribution in [0, 0.1) is 0 Å². The molecule has 0 radical (unpaired) electrons. The first kappa shape index (κ1) is 12.1. The molecule has 17 heavy (non-hydrogen) atoms. The van der Waals surface area contributed by atoms with E-state index in [4.69, 9.17) is 10.5 Å². The predicted octanol–water partition coefficient (Wildman–Crippen LogP) is 2.21. The average Bonchev–Trinajstić information content (AvgIpc) is 2.84. The first-order valence-electron chi connectivity index (χ1n) is 6.26. The number of hydrogen-bond acceptors (Lipinski definition) is 3. The molecule has 1 aliphatic carbocycles. The summed E-state index contributed by atoms with van der Waals surface area (Å²) in [6.07, 6.45) is 4.43. The SMILES string of the molecule is NCC(C(=O)OC1CCCC1)c1ccccc1. The molecule has 1 aromatic rings. The molecule has 1 aromatic carbocycles. The summed E-state index contributed by atoms with van der Waals surface area (Å²) in [6.45, 7) is 0.301. The Bertz CT molecular complexity index is 358. The Kier molecular flexibility index (Phi) is 4.15. The van der Waals surface area contributed by atoms with Crippen molar-refractivity contribution in [3.05, 3.63) is 35.9 Å². The van der Waals surface area contributed by atoms with Gasteiger partial charge in [0.1, 0.15) is 6.10 Å². The van der Waals surface area contributed by atoms with Crippen molar-refractivity contribution < 1.29 is 9.53 Å². The van der Waals surface area contributed by atoms with Crippen LogP contribution < -0.4 is 5.73 Å². The molecule has 3 heteroatoms. The summed E-state index contributed by atoms with van der Waals surface area (Å²) < 4.78 is 5.50. The van der Waals surface area contributed by atoms with Crippen molar-refractivity contribution in [2.24, 2.45) is 5.73 Å². The number of carbonyl (C=O) groups excluding carboxylic acids is 1. The van der Waals surface area contributed by atoms with Crippen LogP contribution in [0.2, 0.25) is 0 Å². The monoisotopic (exact) mass is 233 g/mol. The van der Waals surface area contributed by atoms with E-state index in [1.165, 1.54) is 0 Å². The average molecular weight is 233 g/mol. The molecule has 2 rings (SSSR count). The van der Waals surface area contributed by atoms with Gasteiger partial charge in [-0.1, -0.05) is 30.3 Å². The summed E-state index contributed by atoms with van der Waals surface area (Å²) >= 11 is 0. The van der Waals surface area contributed by atoms with E-state index in [1.807, 2.05) is 30.3 Å². The molecule has 0 heterocycles. The molecule has 0 aliphatic heterocycles. The van der Waals surface area contributed by atoms with Gasteiger partial charge in [-0.3, -0.25) is 4.79 Å². The Morgan fingerprint density at radius 3 is 2.53 bits per heavy atom. The highest BCUT2D eigenvalue weighted by atomic mass is 16.5. The van der Waals surface area contributed by atoms with E-state index in [1.54, 1.807) is 0 Å². The van der Waals surface area contributed by atoms with E-state index >= 15 is 0 Å². The molecule has 0 bridgehead atoms. The Morgan fingerprint density at radius 2 is 1.94 bits per heavy atom. The normalized spacial score (nSPS) is 17.9. The Balaban J connectivity index is 2.00. The highest BCUT2D eigenvalue weighted by molar-refractivity contribution is 5.78. The van der Waals surface area contributed by atoms with E-state index in [0.29, 0.717) is 6.54 Å². The summed E-state index contributed by atoms with van der Waals surface area (Å²) in [6, 6.07) is 9.61. The molecule has 0 saturated heterocycles. The Hall–Kier alpha value is -1.35. The minimum Gasteiger partial charge on any atom is -0.462 e. The lowest BCUT2D eigenvalue weighted by Crippen LogP contribution is -2.26. The third-order valence-electron chi connectivity index (χ3n) is 3.31. The third-order valence-corrected chi connectivity index (χ3v) is 3.31. The maximum absolute atomic E-state index is 12.0. The summed E-state index contributed by atoms with van der Waals surface area (Å²) in [7, 11) is 0. The van der Waals surface area contributed by atoms with Crippen LogP contribution in [0.3, 0.4) is 0 Å². The lowest BCUT2D eigenvalue weighted by molar-refractivity contribution is -0.150. The first-order valence-corrected chi connectivity index (χ1v) is 6.26. The smallest absolute Gasteiger partial charge is 0.314 e. The Labute approximate surface area is 102 Å². The van der Waals surface area contributed by atoms with Crippen molar-refractivity contribution in [1.82, 2.24) is 0 Å². The van der Waals surface area contributed by atoms with Gasteiger partial charge in [0.05, 0.1) is 5.92 Å². The molecule has 1 aliphatic rings. The van der Waals surface area contributed by atoms with E-state index in [0.717, 1.165) is 31.2 Å². The molecular formula is C14H19NO2. The molecule has 1 unspecified atom stereocenters. The van der Waals surface area contributed by atoms with Crippen LogP contribution in [-0.2, 0) is 9.53 Å². The summed E-state index contributed by atoms with van der Waals surface area (Å²) in [5, 5.41) is 0. The minimum atomic E-state index is -0.322. The molecule has 92 valence electrons. The van der Waals surface area contributed by atoms with Crippen molar-refractivity contribution in [3.63, 3.8) is 0 Å². The van der Waals surface area contributed by atoms with Gasteiger partial charge in [-0.15, -0.1) is 0 Å². The highest BCUT2D eigenvalue weighted by Crippen LogP contribution is 2.24. The molecule has 1 saturated carbocycles. The fourth-order valence-electron chi connectivity index (χ4n) is 2.31. The quantitative estimate of drug-likeness (QED) is 0.811. The zero-order valence-corrected chi connectivity index (χ0v) is 9.97. The van der Waals surface area contributed by atoms with Crippen molar-refractivity contribution in [2.75, 3.05) is 6.54 Å². The van der Waals surface area contributed by atoms with E-state index in [-0.39, 0.29) is 18.0 Å². The fourth-order valence-corrected chi connectivity index (χ4v) is 2.31. The molecule has 1 fully saturated rings. The highest BCUT2D eigenvalue weighted by Gasteiger charge is 2.25. The van der Waals surface area contributed by atoms with Crippen molar-refractivity contribution in [2.45, 2.75) is 37.7 Å². The van der Waals surface area contributed by atoms with Gasteiger partial charge >= 0.3 is 5.97 Å². The maximum atomic E-state index is 12.0. The Morgan fingerprint density at radius 1 is 1.29 bits per heavy atom. The van der Waals surface area contributed by atoms with Crippen LogP contribution in [0.25, 0.3) is 0 Å². The fraction of sp³-hybridized carbons (Fsp3) is 0.500. The molecular weight excluding hydrogens is 214 g/mol. The van der Waals surface area contributed by atoms with Crippen LogP contribution in [-0.4, -0.2) is 18.6 Å². The predicted molar refractivity (Wildman–Crippen MR) is 66.6 cm³/mol. The number of carbonyl (C=O) groups is 1. The van der Waals surface area contributed by atoms with Crippen LogP contribution >= 0.6 is 0 Å². The van der Waals surface area contributed by atoms with Crippen LogP contribution in [0.15, 0.2) is 30.3 Å². The van der Waals surface area contributed by atoms with Gasteiger partial charge in [0, 0.05) is 6.54 Å². The van der Waals surface area contributed by atoms with Gasteiger partial charge in [-0.2, -0.15) is 0 Å². The molecule has 1 atom stereocenters. The summed E-state index contributed by atoms with van der Waals surface area (Å²) in [5.41, 5.74) is 6.62. The van der Waals surface area contributed by atoms with Crippen molar-refractivity contribution in [3.8, 4) is 0 Å². The number of esters is 1. The van der Waals surface area contributed by atoms with Crippen molar-refractivity contribution in [1.29, 1.82) is 0 Å². The number of benzene rings is 1. The second-order valence-corrected chi connectivity index (χ2v) is 4.54. The zero-order chi connectivity index (χ0) is 12.1. The summed E-state index contributed by atoms with van der Waals surface area (Å²) in [5.74, 6) is -0.498. The van der Waals surface area contributed by atoms with Gasteiger partial charge in [-0.25, -0.2) is 0 Å². The molecule has 0 spiro atoms. The van der Waals surface area contributed by atoms with Crippen LogP contribution in [0.1, 0.15) is 37.2 Å². The number of ether oxygens (including phenoxy) is 1. The van der Waals surface area contributed by atoms with E-state index in [2.05, 4.69) is 0 Å². The first-order chi connectivity index (χ1) is 8.31. The van der Waals surface area contributed by atoms with Crippen molar-refractivity contribution >= 4 is 5.97 Å².